The van der Waals surface area contributed by atoms with Crippen molar-refractivity contribution >= 4 is 11.4 Å². The second-order valence-electron chi connectivity index (χ2n) is 1.92. The molecule has 10 heavy (non-hydrogen) atoms. The lowest BCUT2D eigenvalue weighted by Gasteiger charge is -1.99. The van der Waals surface area contributed by atoms with Crippen LogP contribution in [-0.4, -0.2) is 16.4 Å². The molecule has 3 unspecified atom stereocenters. The molecular formula is C6H8O3S. The molecule has 56 valence electrons. The van der Waals surface area contributed by atoms with Crippen molar-refractivity contribution in [2.75, 3.05) is 0 Å². The van der Waals surface area contributed by atoms with Crippen molar-refractivity contribution in [1.29, 1.82) is 0 Å². The van der Waals surface area contributed by atoms with Crippen molar-refractivity contribution in [3.05, 3.63) is 0 Å². The summed E-state index contributed by atoms with van der Waals surface area (Å²) >= 11 is -1.59. The van der Waals surface area contributed by atoms with Crippen LogP contribution in [-0.2, 0) is 19.7 Å². The first kappa shape index (κ1) is 7.73. The van der Waals surface area contributed by atoms with Gasteiger partial charge in [-0.05, 0) is 13.8 Å². The molecule has 1 fully saturated rings. The quantitative estimate of drug-likeness (QED) is 0.481. The maximum absolute atomic E-state index is 10.5. The molecule has 0 aromatic heterocycles. The van der Waals surface area contributed by atoms with E-state index >= 15 is 0 Å². The van der Waals surface area contributed by atoms with Gasteiger partial charge in [0.05, 0.1) is 0 Å². The molecule has 0 radical (unpaired) electrons. The first-order chi connectivity index (χ1) is 4.74. The molecule has 0 saturated carbocycles. The van der Waals surface area contributed by atoms with E-state index < -0.39 is 11.4 Å². The Morgan fingerprint density at radius 2 is 2.20 bits per heavy atom. The molecule has 3 atom stereocenters. The van der Waals surface area contributed by atoms with Crippen molar-refractivity contribution in [2.45, 2.75) is 26.1 Å². The molecule has 1 rings (SSSR count). The molecule has 1 heterocycles. The maximum Gasteiger partial charge on any atom is 0.306 e. The molecule has 0 bridgehead atoms. The minimum atomic E-state index is -1.59. The van der Waals surface area contributed by atoms with E-state index in [0.29, 0.717) is 0 Å². The van der Waals surface area contributed by atoms with Crippen LogP contribution in [0.1, 0.15) is 13.8 Å². The Morgan fingerprint density at radius 1 is 1.50 bits per heavy atom. The van der Waals surface area contributed by atoms with Crippen molar-refractivity contribution in [1.82, 2.24) is 0 Å². The number of rotatable bonds is 0. The van der Waals surface area contributed by atoms with Crippen LogP contribution < -0.4 is 0 Å². The molecule has 1 saturated heterocycles. The predicted octanol–water partition coefficient (Wildman–Crippen LogP) is 0.392. The molecule has 0 N–H and O–H groups in total. The lowest BCUT2D eigenvalue weighted by atomic mass is 10.2. The Labute approximate surface area is 62.6 Å². The van der Waals surface area contributed by atoms with E-state index in [1.54, 1.807) is 13.8 Å². The van der Waals surface area contributed by atoms with Gasteiger partial charge < -0.3 is 0 Å². The van der Waals surface area contributed by atoms with E-state index in [-0.39, 0.29) is 12.2 Å². The Morgan fingerprint density at radius 3 is 2.60 bits per heavy atom. The van der Waals surface area contributed by atoms with E-state index in [1.807, 2.05) is 0 Å². The topological polar surface area (TPSA) is 35.5 Å². The highest BCUT2D eigenvalue weighted by Crippen LogP contribution is 2.15. The fourth-order valence-electron chi connectivity index (χ4n) is 0.644. The third kappa shape index (κ3) is 1.57. The third-order valence-corrected chi connectivity index (χ3v) is 1.95. The standard InChI is InChI=1S/C6H8O3S/c1-3-4-6-5(2)8-10(7)9-6/h5-6H,1-2H3. The summed E-state index contributed by atoms with van der Waals surface area (Å²) in [7, 11) is 0. The molecule has 0 aromatic carbocycles. The minimum absolute atomic E-state index is 0.187. The van der Waals surface area contributed by atoms with Gasteiger partial charge in [-0.15, -0.1) is 5.92 Å². The van der Waals surface area contributed by atoms with Crippen molar-refractivity contribution < 1.29 is 12.6 Å². The molecule has 3 nitrogen and oxygen atoms in total. The van der Waals surface area contributed by atoms with Crippen LogP contribution in [0.4, 0.5) is 0 Å². The smallest absolute Gasteiger partial charge is 0.262 e. The molecule has 1 aliphatic heterocycles. The average Bonchev–Trinajstić information content (AvgIpc) is 2.13. The molecule has 0 amide bonds. The molecule has 0 aromatic rings. The van der Waals surface area contributed by atoms with Crippen LogP contribution >= 0.6 is 0 Å². The highest BCUT2D eigenvalue weighted by Gasteiger charge is 2.29. The number of hydrogen-bond acceptors (Lipinski definition) is 3. The summed E-state index contributed by atoms with van der Waals surface area (Å²) in [5, 5.41) is 0. The van der Waals surface area contributed by atoms with E-state index in [4.69, 9.17) is 8.37 Å². The maximum atomic E-state index is 10.5. The van der Waals surface area contributed by atoms with Gasteiger partial charge in [0.1, 0.15) is 6.10 Å². The van der Waals surface area contributed by atoms with E-state index in [1.165, 1.54) is 0 Å². The summed E-state index contributed by atoms with van der Waals surface area (Å²) in [6, 6.07) is 0. The van der Waals surface area contributed by atoms with E-state index in [0.717, 1.165) is 0 Å². The van der Waals surface area contributed by atoms with Crippen LogP contribution in [0.25, 0.3) is 0 Å². The predicted molar refractivity (Wildman–Crippen MR) is 37.0 cm³/mol. The van der Waals surface area contributed by atoms with Crippen molar-refractivity contribution in [3.8, 4) is 11.8 Å². The van der Waals surface area contributed by atoms with Crippen molar-refractivity contribution in [3.63, 3.8) is 0 Å². The second-order valence-corrected chi connectivity index (χ2v) is 2.71. The van der Waals surface area contributed by atoms with Gasteiger partial charge in [-0.25, -0.2) is 4.18 Å². The summed E-state index contributed by atoms with van der Waals surface area (Å²) in [5.74, 6) is 5.41. The highest BCUT2D eigenvalue weighted by atomic mass is 32.2. The Kier molecular flexibility index (Phi) is 2.44. The molecular weight excluding hydrogens is 152 g/mol. The van der Waals surface area contributed by atoms with Gasteiger partial charge in [0.15, 0.2) is 6.10 Å². The zero-order chi connectivity index (χ0) is 7.56. The summed E-state index contributed by atoms with van der Waals surface area (Å²) in [4.78, 5) is 0. The van der Waals surface area contributed by atoms with E-state index in [9.17, 15) is 4.21 Å². The zero-order valence-corrected chi connectivity index (χ0v) is 6.60. The minimum Gasteiger partial charge on any atom is -0.262 e. The summed E-state index contributed by atoms with van der Waals surface area (Å²) < 4.78 is 20.1. The molecule has 0 spiro atoms. The average molecular weight is 160 g/mol. The Balaban J connectivity index is 2.60. The summed E-state index contributed by atoms with van der Waals surface area (Å²) in [5.41, 5.74) is 0. The lowest BCUT2D eigenvalue weighted by Crippen LogP contribution is -2.16. The largest absolute Gasteiger partial charge is 0.306 e. The van der Waals surface area contributed by atoms with Crippen LogP contribution in [0.5, 0.6) is 0 Å². The van der Waals surface area contributed by atoms with Gasteiger partial charge in [-0.2, -0.15) is 4.21 Å². The highest BCUT2D eigenvalue weighted by molar-refractivity contribution is 7.75. The van der Waals surface area contributed by atoms with Crippen LogP contribution in [0, 0.1) is 11.8 Å². The monoisotopic (exact) mass is 160 g/mol. The van der Waals surface area contributed by atoms with Gasteiger partial charge in [0.25, 0.3) is 0 Å². The van der Waals surface area contributed by atoms with Gasteiger partial charge in [0, 0.05) is 0 Å². The summed E-state index contributed by atoms with van der Waals surface area (Å²) in [6.45, 7) is 3.48. The SMILES string of the molecule is CC#CC1OS(=O)OC1C. The molecule has 0 aliphatic carbocycles. The molecule has 1 aliphatic rings. The zero-order valence-electron chi connectivity index (χ0n) is 5.79. The second kappa shape index (κ2) is 3.15. The Hall–Kier alpha value is -0.370. The van der Waals surface area contributed by atoms with Crippen molar-refractivity contribution in [2.24, 2.45) is 0 Å². The van der Waals surface area contributed by atoms with Gasteiger partial charge in [-0.1, -0.05) is 5.92 Å². The van der Waals surface area contributed by atoms with Gasteiger partial charge >= 0.3 is 11.4 Å². The molecule has 4 heteroatoms. The van der Waals surface area contributed by atoms with Crippen LogP contribution in [0.2, 0.25) is 0 Å². The van der Waals surface area contributed by atoms with Crippen LogP contribution in [0.3, 0.4) is 0 Å². The van der Waals surface area contributed by atoms with Crippen LogP contribution in [0.15, 0.2) is 0 Å². The third-order valence-electron chi connectivity index (χ3n) is 1.13. The normalized spacial score (nSPS) is 38.8. The Bertz CT molecular complexity index is 203. The fourth-order valence-corrected chi connectivity index (χ4v) is 1.41. The van der Waals surface area contributed by atoms with Gasteiger partial charge in [-0.3, -0.25) is 4.18 Å². The lowest BCUT2D eigenvalue weighted by molar-refractivity contribution is 0.217. The van der Waals surface area contributed by atoms with Gasteiger partial charge in [0.2, 0.25) is 0 Å². The number of hydrogen-bond donors (Lipinski definition) is 0. The fraction of sp³-hybridized carbons (Fsp3) is 0.667. The first-order valence-corrected chi connectivity index (χ1v) is 3.92. The first-order valence-electron chi connectivity index (χ1n) is 2.92. The van der Waals surface area contributed by atoms with E-state index in [2.05, 4.69) is 11.8 Å². The summed E-state index contributed by atoms with van der Waals surface area (Å²) in [6.07, 6.45) is -0.515.